The molecule has 0 bridgehead atoms. The van der Waals surface area contributed by atoms with Crippen LogP contribution in [0.25, 0.3) is 0 Å². The summed E-state index contributed by atoms with van der Waals surface area (Å²) in [7, 11) is 2.91. The van der Waals surface area contributed by atoms with Gasteiger partial charge in [-0.3, -0.25) is 9.63 Å². The zero-order valence-electron chi connectivity index (χ0n) is 16.5. The third-order valence-corrected chi connectivity index (χ3v) is 3.14. The normalized spacial score (nSPS) is 11.6. The Morgan fingerprint density at radius 1 is 1.16 bits per heavy atom. The highest BCUT2D eigenvalue weighted by molar-refractivity contribution is 5.84. The highest BCUT2D eigenvalue weighted by atomic mass is 16.7. The van der Waals surface area contributed by atoms with E-state index in [-0.39, 0.29) is 5.91 Å². The molecular formula is C19H32N2O4. The van der Waals surface area contributed by atoms with Crippen LogP contribution in [0.3, 0.4) is 0 Å². The smallest absolute Gasteiger partial charge is 0.408 e. The number of rotatable bonds is 6. The molecule has 6 heteroatoms. The predicted molar refractivity (Wildman–Crippen MR) is 99.0 cm³/mol. The zero-order valence-corrected chi connectivity index (χ0v) is 16.5. The number of carbonyl (C=O) groups excluding carboxylic acids is 2. The molecule has 0 spiro atoms. The van der Waals surface area contributed by atoms with Crippen LogP contribution in [0.15, 0.2) is 30.3 Å². The Bertz CT molecular complexity index is 512. The first-order valence-corrected chi connectivity index (χ1v) is 8.58. The quantitative estimate of drug-likeness (QED) is 0.795. The lowest BCUT2D eigenvalue weighted by atomic mass is 10.0. The van der Waals surface area contributed by atoms with Gasteiger partial charge in [0.05, 0.1) is 7.11 Å². The molecule has 0 aliphatic rings. The van der Waals surface area contributed by atoms with Crippen LogP contribution in [0.4, 0.5) is 4.79 Å². The van der Waals surface area contributed by atoms with Gasteiger partial charge in [0.15, 0.2) is 0 Å². The molecule has 1 atom stereocenters. The fourth-order valence-electron chi connectivity index (χ4n) is 1.97. The Balaban J connectivity index is 0.00000277. The van der Waals surface area contributed by atoms with Gasteiger partial charge in [-0.1, -0.05) is 44.2 Å². The average molecular weight is 352 g/mol. The summed E-state index contributed by atoms with van der Waals surface area (Å²) in [6.45, 7) is 9.32. The van der Waals surface area contributed by atoms with Gasteiger partial charge in [-0.15, -0.1) is 0 Å². The molecule has 0 radical (unpaired) electrons. The number of hydroxylamine groups is 2. The first kappa shape index (κ1) is 22.9. The van der Waals surface area contributed by atoms with Crippen LogP contribution >= 0.6 is 0 Å². The Kier molecular flexibility index (Phi) is 10.5. The Morgan fingerprint density at radius 2 is 1.72 bits per heavy atom. The van der Waals surface area contributed by atoms with Gasteiger partial charge in [0, 0.05) is 7.05 Å². The molecule has 142 valence electrons. The van der Waals surface area contributed by atoms with Crippen molar-refractivity contribution >= 4 is 12.0 Å². The van der Waals surface area contributed by atoms with Crippen LogP contribution in [-0.2, 0) is 20.8 Å². The van der Waals surface area contributed by atoms with Gasteiger partial charge in [-0.2, -0.15) is 0 Å². The van der Waals surface area contributed by atoms with Crippen molar-refractivity contribution in [3.05, 3.63) is 35.9 Å². The second-order valence-electron chi connectivity index (χ2n) is 6.24. The molecule has 0 saturated carbocycles. The van der Waals surface area contributed by atoms with Crippen LogP contribution in [0.1, 0.15) is 46.6 Å². The minimum atomic E-state index is -0.713. The largest absolute Gasteiger partial charge is 0.444 e. The SMILES string of the molecule is CC.CON(C)C(=O)C(CCc1ccccc1)NC(=O)OC(C)(C)C. The third-order valence-electron chi connectivity index (χ3n) is 3.14. The molecule has 0 aliphatic carbocycles. The van der Waals surface area contributed by atoms with E-state index in [4.69, 9.17) is 9.57 Å². The first-order chi connectivity index (χ1) is 11.7. The van der Waals surface area contributed by atoms with Gasteiger partial charge in [0.1, 0.15) is 11.6 Å². The van der Waals surface area contributed by atoms with Gasteiger partial charge in [0.25, 0.3) is 5.91 Å². The van der Waals surface area contributed by atoms with Crippen LogP contribution in [-0.4, -0.2) is 42.9 Å². The number of aryl methyl sites for hydroxylation is 1. The van der Waals surface area contributed by atoms with Gasteiger partial charge in [0.2, 0.25) is 0 Å². The van der Waals surface area contributed by atoms with Crippen molar-refractivity contribution in [3.8, 4) is 0 Å². The van der Waals surface area contributed by atoms with Crippen molar-refractivity contribution < 1.29 is 19.2 Å². The fraction of sp³-hybridized carbons (Fsp3) is 0.579. The summed E-state index contributed by atoms with van der Waals surface area (Å²) in [4.78, 5) is 29.2. The molecule has 0 aliphatic heterocycles. The lowest BCUT2D eigenvalue weighted by molar-refractivity contribution is -0.171. The standard InChI is InChI=1S/C17H26N2O4.C2H6/c1-17(2,3)23-16(21)18-14(15(20)19(4)22-5)12-11-13-9-7-6-8-10-13;1-2/h6-10,14H,11-12H2,1-5H3,(H,18,21);1-2H3. The van der Waals surface area contributed by atoms with E-state index in [1.807, 2.05) is 44.2 Å². The van der Waals surface area contributed by atoms with Crippen molar-refractivity contribution in [2.75, 3.05) is 14.2 Å². The maximum Gasteiger partial charge on any atom is 0.408 e. The number of carbonyl (C=O) groups is 2. The highest BCUT2D eigenvalue weighted by Crippen LogP contribution is 2.10. The van der Waals surface area contributed by atoms with E-state index in [1.165, 1.54) is 14.2 Å². The predicted octanol–water partition coefficient (Wildman–Crippen LogP) is 3.56. The summed E-state index contributed by atoms with van der Waals surface area (Å²) in [6.07, 6.45) is 0.494. The van der Waals surface area contributed by atoms with E-state index in [2.05, 4.69) is 5.32 Å². The molecule has 6 nitrogen and oxygen atoms in total. The molecule has 1 N–H and O–H groups in total. The number of hydrogen-bond acceptors (Lipinski definition) is 4. The molecule has 1 aromatic rings. The first-order valence-electron chi connectivity index (χ1n) is 8.58. The summed E-state index contributed by atoms with van der Waals surface area (Å²) >= 11 is 0. The summed E-state index contributed by atoms with van der Waals surface area (Å²) in [5.41, 5.74) is 0.473. The van der Waals surface area contributed by atoms with E-state index < -0.39 is 17.7 Å². The second-order valence-corrected chi connectivity index (χ2v) is 6.24. The second kappa shape index (κ2) is 11.5. The highest BCUT2D eigenvalue weighted by Gasteiger charge is 2.26. The summed E-state index contributed by atoms with van der Waals surface area (Å²) < 4.78 is 5.22. The number of ether oxygens (including phenoxy) is 1. The molecule has 2 amide bonds. The maximum atomic E-state index is 12.3. The monoisotopic (exact) mass is 352 g/mol. The molecule has 1 rings (SSSR count). The Hall–Kier alpha value is -2.08. The van der Waals surface area contributed by atoms with E-state index in [1.54, 1.807) is 20.8 Å². The summed E-state index contributed by atoms with van der Waals surface area (Å²) in [6, 6.07) is 9.06. The Morgan fingerprint density at radius 3 is 2.20 bits per heavy atom. The fourth-order valence-corrected chi connectivity index (χ4v) is 1.97. The zero-order chi connectivity index (χ0) is 19.5. The van der Waals surface area contributed by atoms with Crippen LogP contribution in [0.2, 0.25) is 0 Å². The molecular weight excluding hydrogens is 320 g/mol. The maximum absolute atomic E-state index is 12.3. The minimum Gasteiger partial charge on any atom is -0.444 e. The number of nitrogens with zero attached hydrogens (tertiary/aromatic N) is 1. The molecule has 1 aromatic carbocycles. The van der Waals surface area contributed by atoms with E-state index >= 15 is 0 Å². The van der Waals surface area contributed by atoms with Crippen molar-refractivity contribution in [2.24, 2.45) is 0 Å². The molecule has 0 aromatic heterocycles. The number of likely N-dealkylation sites (N-methyl/N-ethyl adjacent to an activating group) is 1. The topological polar surface area (TPSA) is 67.9 Å². The third kappa shape index (κ3) is 9.72. The van der Waals surface area contributed by atoms with E-state index in [0.717, 1.165) is 10.6 Å². The van der Waals surface area contributed by atoms with Crippen molar-refractivity contribution in [1.82, 2.24) is 10.4 Å². The number of hydrogen-bond donors (Lipinski definition) is 1. The number of nitrogens with one attached hydrogen (secondary N) is 1. The van der Waals surface area contributed by atoms with Crippen LogP contribution in [0, 0.1) is 0 Å². The molecule has 0 fully saturated rings. The van der Waals surface area contributed by atoms with Crippen LogP contribution in [0.5, 0.6) is 0 Å². The summed E-state index contributed by atoms with van der Waals surface area (Å²) in [5.74, 6) is -0.325. The van der Waals surface area contributed by atoms with E-state index in [9.17, 15) is 9.59 Å². The summed E-state index contributed by atoms with van der Waals surface area (Å²) in [5, 5.41) is 3.73. The number of alkyl carbamates (subject to hydrolysis) is 1. The van der Waals surface area contributed by atoms with Crippen molar-refractivity contribution in [3.63, 3.8) is 0 Å². The molecule has 25 heavy (non-hydrogen) atoms. The van der Waals surface area contributed by atoms with Crippen LogP contribution < -0.4 is 5.32 Å². The molecule has 0 saturated heterocycles. The Labute approximate surface area is 151 Å². The number of amides is 2. The number of benzene rings is 1. The molecule has 1 unspecified atom stereocenters. The van der Waals surface area contributed by atoms with Gasteiger partial charge < -0.3 is 10.1 Å². The lowest BCUT2D eigenvalue weighted by Gasteiger charge is -2.25. The average Bonchev–Trinajstić information content (AvgIpc) is 2.58. The van der Waals surface area contributed by atoms with Crippen molar-refractivity contribution in [1.29, 1.82) is 0 Å². The lowest BCUT2D eigenvalue weighted by Crippen LogP contribution is -2.48. The van der Waals surface area contributed by atoms with Crippen molar-refractivity contribution in [2.45, 2.75) is 59.1 Å². The van der Waals surface area contributed by atoms with Gasteiger partial charge in [-0.25, -0.2) is 9.86 Å². The van der Waals surface area contributed by atoms with Gasteiger partial charge >= 0.3 is 6.09 Å². The molecule has 0 heterocycles. The minimum absolute atomic E-state index is 0.325. The van der Waals surface area contributed by atoms with Gasteiger partial charge in [-0.05, 0) is 39.2 Å². The van der Waals surface area contributed by atoms with E-state index in [0.29, 0.717) is 12.8 Å².